The number of rotatable bonds is 4. The molecule has 0 fully saturated rings. The van der Waals surface area contributed by atoms with Crippen LogP contribution in [0.5, 0.6) is 0 Å². The van der Waals surface area contributed by atoms with Gasteiger partial charge in [0.15, 0.2) is 5.11 Å². The average Bonchev–Trinajstić information content (AvgIpc) is 3.18. The third-order valence-electron chi connectivity index (χ3n) is 4.59. The Kier molecular flexibility index (Phi) is 5.51. The zero-order valence-corrected chi connectivity index (χ0v) is 17.9. The van der Waals surface area contributed by atoms with E-state index in [4.69, 9.17) is 16.6 Å². The summed E-state index contributed by atoms with van der Waals surface area (Å²) >= 11 is 8.75. The van der Waals surface area contributed by atoms with E-state index in [1.165, 1.54) is 0 Å². The van der Waals surface area contributed by atoms with Crippen LogP contribution in [0, 0.1) is 0 Å². The number of furan rings is 1. The SMILES string of the molecule is CC1=C(C(=O)Nc2ccccc2)[C@@H](c2ccc(-c3ccc(Br)cc3)o2)NC(=S)N1. The molecule has 3 N–H and O–H groups in total. The van der Waals surface area contributed by atoms with Gasteiger partial charge in [-0.25, -0.2) is 0 Å². The first-order chi connectivity index (χ1) is 14.0. The Hall–Kier alpha value is -2.90. The molecule has 5 nitrogen and oxygen atoms in total. The van der Waals surface area contributed by atoms with Crippen LogP contribution in [-0.2, 0) is 4.79 Å². The summed E-state index contributed by atoms with van der Waals surface area (Å²) in [6, 6.07) is 20.5. The number of allylic oxidation sites excluding steroid dienone is 1. The van der Waals surface area contributed by atoms with E-state index in [2.05, 4.69) is 31.9 Å². The van der Waals surface area contributed by atoms with Gasteiger partial charge in [0.1, 0.15) is 17.6 Å². The van der Waals surface area contributed by atoms with Crippen molar-refractivity contribution in [3.05, 3.63) is 88.2 Å². The lowest BCUT2D eigenvalue weighted by molar-refractivity contribution is -0.113. The second-order valence-electron chi connectivity index (χ2n) is 6.60. The molecule has 0 saturated carbocycles. The van der Waals surface area contributed by atoms with E-state index in [0.717, 1.165) is 21.5 Å². The van der Waals surface area contributed by atoms with E-state index in [9.17, 15) is 4.79 Å². The molecular formula is C22H18BrN3O2S. The number of carbonyl (C=O) groups excluding carboxylic acids is 1. The number of amides is 1. The van der Waals surface area contributed by atoms with Gasteiger partial charge in [-0.1, -0.05) is 46.3 Å². The van der Waals surface area contributed by atoms with Crippen molar-refractivity contribution in [3.63, 3.8) is 0 Å². The van der Waals surface area contributed by atoms with Crippen LogP contribution in [0.1, 0.15) is 18.7 Å². The summed E-state index contributed by atoms with van der Waals surface area (Å²) in [5, 5.41) is 9.57. The van der Waals surface area contributed by atoms with Crippen molar-refractivity contribution >= 4 is 44.9 Å². The molecule has 7 heteroatoms. The maximum atomic E-state index is 13.0. The highest BCUT2D eigenvalue weighted by molar-refractivity contribution is 9.10. The van der Waals surface area contributed by atoms with Crippen molar-refractivity contribution in [2.24, 2.45) is 0 Å². The van der Waals surface area contributed by atoms with Gasteiger partial charge in [-0.3, -0.25) is 4.79 Å². The minimum Gasteiger partial charge on any atom is -0.459 e. The van der Waals surface area contributed by atoms with Crippen molar-refractivity contribution in [1.82, 2.24) is 10.6 Å². The maximum Gasteiger partial charge on any atom is 0.255 e. The van der Waals surface area contributed by atoms with E-state index >= 15 is 0 Å². The summed E-state index contributed by atoms with van der Waals surface area (Å²) in [5.74, 6) is 1.12. The van der Waals surface area contributed by atoms with Gasteiger partial charge in [-0.2, -0.15) is 0 Å². The number of halogens is 1. The summed E-state index contributed by atoms with van der Waals surface area (Å²) < 4.78 is 7.09. The molecule has 1 aliphatic rings. The van der Waals surface area contributed by atoms with E-state index in [0.29, 0.717) is 22.1 Å². The van der Waals surface area contributed by atoms with E-state index in [-0.39, 0.29) is 5.91 Å². The van der Waals surface area contributed by atoms with Crippen LogP contribution < -0.4 is 16.0 Å². The van der Waals surface area contributed by atoms with Crippen molar-refractivity contribution in [1.29, 1.82) is 0 Å². The quantitative estimate of drug-likeness (QED) is 0.463. The lowest BCUT2D eigenvalue weighted by atomic mass is 10.00. The number of para-hydroxylation sites is 1. The first-order valence-electron chi connectivity index (χ1n) is 9.01. The zero-order valence-electron chi connectivity index (χ0n) is 15.5. The molecule has 4 rings (SSSR count). The Bertz CT molecular complexity index is 1090. The van der Waals surface area contributed by atoms with Crippen molar-refractivity contribution in [3.8, 4) is 11.3 Å². The fourth-order valence-corrected chi connectivity index (χ4v) is 3.74. The lowest BCUT2D eigenvalue weighted by Crippen LogP contribution is -2.45. The first kappa shape index (κ1) is 19.4. The summed E-state index contributed by atoms with van der Waals surface area (Å²) in [5.41, 5.74) is 2.89. The highest BCUT2D eigenvalue weighted by Gasteiger charge is 2.32. The molecule has 0 bridgehead atoms. The van der Waals surface area contributed by atoms with Crippen LogP contribution in [0.15, 0.2) is 86.9 Å². The molecule has 1 atom stereocenters. The fourth-order valence-electron chi connectivity index (χ4n) is 3.21. The molecule has 0 aliphatic carbocycles. The zero-order chi connectivity index (χ0) is 20.4. The van der Waals surface area contributed by atoms with E-state index in [1.807, 2.05) is 73.7 Å². The van der Waals surface area contributed by atoms with E-state index < -0.39 is 6.04 Å². The summed E-state index contributed by atoms with van der Waals surface area (Å²) in [6.07, 6.45) is 0. The number of carbonyl (C=O) groups is 1. The summed E-state index contributed by atoms with van der Waals surface area (Å²) in [6.45, 7) is 1.83. The molecule has 1 aliphatic heterocycles. The van der Waals surface area contributed by atoms with Crippen LogP contribution >= 0.6 is 28.1 Å². The Morgan fingerprint density at radius 3 is 2.52 bits per heavy atom. The van der Waals surface area contributed by atoms with Crippen molar-refractivity contribution in [2.75, 3.05) is 5.32 Å². The molecule has 0 spiro atoms. The van der Waals surface area contributed by atoms with E-state index in [1.54, 1.807) is 0 Å². The molecule has 1 amide bonds. The molecule has 146 valence electrons. The Labute approximate surface area is 182 Å². The molecule has 2 heterocycles. The molecule has 29 heavy (non-hydrogen) atoms. The monoisotopic (exact) mass is 467 g/mol. The number of hydrogen-bond acceptors (Lipinski definition) is 3. The topological polar surface area (TPSA) is 66.3 Å². The molecular weight excluding hydrogens is 450 g/mol. The van der Waals surface area contributed by atoms with Crippen molar-refractivity contribution in [2.45, 2.75) is 13.0 Å². The molecule has 1 aromatic heterocycles. The second kappa shape index (κ2) is 8.23. The standard InChI is InChI=1S/C22H18BrN3O2S/c1-13-19(21(27)25-16-5-3-2-4-6-16)20(26-22(29)24-13)18-12-11-17(28-18)14-7-9-15(23)10-8-14/h2-12,20H,1H3,(H,25,27)(H2,24,26,29)/t20-/m1/s1. The maximum absolute atomic E-state index is 13.0. The molecule has 2 aromatic carbocycles. The van der Waals surface area contributed by atoms with Gasteiger partial charge in [0.25, 0.3) is 5.91 Å². The van der Waals surface area contributed by atoms with Gasteiger partial charge in [0, 0.05) is 21.4 Å². The molecule has 3 aromatic rings. The average molecular weight is 468 g/mol. The van der Waals surface area contributed by atoms with Crippen LogP contribution in [0.25, 0.3) is 11.3 Å². The third kappa shape index (κ3) is 4.26. The highest BCUT2D eigenvalue weighted by Crippen LogP contribution is 2.32. The normalized spacial score (nSPS) is 16.2. The van der Waals surface area contributed by atoms with Crippen LogP contribution in [0.4, 0.5) is 5.69 Å². The number of hydrogen-bond donors (Lipinski definition) is 3. The molecule has 0 saturated heterocycles. The van der Waals surface area contributed by atoms with Crippen LogP contribution in [-0.4, -0.2) is 11.0 Å². The van der Waals surface area contributed by atoms with Gasteiger partial charge in [0.2, 0.25) is 0 Å². The lowest BCUT2D eigenvalue weighted by Gasteiger charge is -2.28. The minimum absolute atomic E-state index is 0.220. The second-order valence-corrected chi connectivity index (χ2v) is 7.92. The molecule has 0 radical (unpaired) electrons. The number of benzene rings is 2. The molecule has 0 unspecified atom stereocenters. The highest BCUT2D eigenvalue weighted by atomic mass is 79.9. The largest absolute Gasteiger partial charge is 0.459 e. The van der Waals surface area contributed by atoms with Crippen LogP contribution in [0.3, 0.4) is 0 Å². The summed E-state index contributed by atoms with van der Waals surface area (Å²) in [7, 11) is 0. The minimum atomic E-state index is -0.489. The van der Waals surface area contributed by atoms with Crippen LogP contribution in [0.2, 0.25) is 0 Å². The summed E-state index contributed by atoms with van der Waals surface area (Å²) in [4.78, 5) is 13.0. The van der Waals surface area contributed by atoms with Gasteiger partial charge in [-0.05, 0) is 55.5 Å². The number of thiocarbonyl (C=S) groups is 1. The third-order valence-corrected chi connectivity index (χ3v) is 5.33. The Morgan fingerprint density at radius 2 is 1.79 bits per heavy atom. The number of anilines is 1. The smallest absolute Gasteiger partial charge is 0.255 e. The van der Waals surface area contributed by atoms with Gasteiger partial charge < -0.3 is 20.4 Å². The van der Waals surface area contributed by atoms with Gasteiger partial charge >= 0.3 is 0 Å². The number of nitrogens with one attached hydrogen (secondary N) is 3. The predicted molar refractivity (Wildman–Crippen MR) is 121 cm³/mol. The predicted octanol–water partition coefficient (Wildman–Crippen LogP) is 5.14. The fraction of sp³-hybridized carbons (Fsp3) is 0.0909. The Morgan fingerprint density at radius 1 is 1.07 bits per heavy atom. The van der Waals surface area contributed by atoms with Gasteiger partial charge in [0.05, 0.1) is 5.57 Å². The Balaban J connectivity index is 1.65. The van der Waals surface area contributed by atoms with Crippen molar-refractivity contribution < 1.29 is 9.21 Å². The van der Waals surface area contributed by atoms with Gasteiger partial charge in [-0.15, -0.1) is 0 Å². The first-order valence-corrected chi connectivity index (χ1v) is 10.2.